The van der Waals surface area contributed by atoms with E-state index in [9.17, 15) is 4.39 Å². The maximum absolute atomic E-state index is 10.4. The molecule has 0 atom stereocenters. The van der Waals surface area contributed by atoms with Crippen LogP contribution in [0.3, 0.4) is 0 Å². The van der Waals surface area contributed by atoms with Crippen LogP contribution in [0.4, 0.5) is 4.39 Å². The standard InChI is InChI=1S/C2H2BF/c3-1-2-4/h1-2H. The van der Waals surface area contributed by atoms with Crippen molar-refractivity contribution in [3.8, 4) is 0 Å². The van der Waals surface area contributed by atoms with Crippen LogP contribution in [0, 0.1) is 0 Å². The van der Waals surface area contributed by atoms with Crippen molar-refractivity contribution in [2.24, 2.45) is 0 Å². The Balaban J connectivity index is 2.55. The van der Waals surface area contributed by atoms with Crippen LogP contribution in [0.2, 0.25) is 0 Å². The van der Waals surface area contributed by atoms with Gasteiger partial charge in [0.2, 0.25) is 0 Å². The van der Waals surface area contributed by atoms with E-state index in [2.05, 4.69) is 7.85 Å². The van der Waals surface area contributed by atoms with Crippen LogP contribution in [-0.4, -0.2) is 7.85 Å². The van der Waals surface area contributed by atoms with Crippen LogP contribution in [0.1, 0.15) is 0 Å². The molecular weight excluding hydrogens is 53.8 g/mol. The third-order valence-electron chi connectivity index (χ3n) is 0.0727. The van der Waals surface area contributed by atoms with Gasteiger partial charge in [-0.25, -0.2) is 4.39 Å². The predicted octanol–water partition coefficient (Wildman–Crippen LogP) is 0.596. The molecule has 0 saturated heterocycles. The van der Waals surface area contributed by atoms with Crippen molar-refractivity contribution in [3.63, 3.8) is 0 Å². The first-order chi connectivity index (χ1) is 1.91. The molecule has 0 N–H and O–H groups in total. The third kappa shape index (κ3) is 1.73. The lowest BCUT2D eigenvalue weighted by Crippen LogP contribution is -1.37. The normalized spacial score (nSPS) is 9.25. The summed E-state index contributed by atoms with van der Waals surface area (Å²) in [4.78, 5) is 0. The van der Waals surface area contributed by atoms with Gasteiger partial charge in [-0.2, -0.15) is 0 Å². The van der Waals surface area contributed by atoms with Crippen LogP contribution < -0.4 is 0 Å². The molecule has 4 heavy (non-hydrogen) atoms. The van der Waals surface area contributed by atoms with E-state index < -0.39 is 0 Å². The molecule has 0 unspecified atom stereocenters. The van der Waals surface area contributed by atoms with E-state index in [4.69, 9.17) is 0 Å². The fourth-order valence-electron chi connectivity index (χ4n) is 0. The van der Waals surface area contributed by atoms with E-state index >= 15 is 0 Å². The Morgan fingerprint density at radius 1 is 1.75 bits per heavy atom. The molecule has 0 saturated carbocycles. The van der Waals surface area contributed by atoms with Crippen molar-refractivity contribution in [2.75, 3.05) is 0 Å². The van der Waals surface area contributed by atoms with Crippen molar-refractivity contribution >= 4 is 7.85 Å². The Hall–Kier alpha value is -0.265. The summed E-state index contributed by atoms with van der Waals surface area (Å²) in [5, 5.41) is 0. The monoisotopic (exact) mass is 56.0 g/mol. The molecule has 0 aliphatic rings. The van der Waals surface area contributed by atoms with Gasteiger partial charge in [0.25, 0.3) is 0 Å². The van der Waals surface area contributed by atoms with Gasteiger partial charge in [-0.15, -0.1) is 5.98 Å². The largest absolute Gasteiger partial charge is 0.217 e. The van der Waals surface area contributed by atoms with E-state index in [1.165, 1.54) is 0 Å². The van der Waals surface area contributed by atoms with Crippen LogP contribution in [-0.2, 0) is 0 Å². The highest BCUT2D eigenvalue weighted by Gasteiger charge is 1.39. The number of hydrogen-bond acceptors (Lipinski definition) is 0. The van der Waals surface area contributed by atoms with Gasteiger partial charge in [-0.05, 0) is 0 Å². The predicted molar refractivity (Wildman–Crippen MR) is 16.0 cm³/mol. The molecule has 0 heterocycles. The van der Waals surface area contributed by atoms with E-state index in [0.29, 0.717) is 0 Å². The fourth-order valence-corrected chi connectivity index (χ4v) is 0. The summed E-state index contributed by atoms with van der Waals surface area (Å²) in [7, 11) is 4.47. The quantitative estimate of drug-likeness (QED) is 0.356. The number of halogens is 1. The second-order valence-electron chi connectivity index (χ2n) is 0.318. The van der Waals surface area contributed by atoms with Crippen molar-refractivity contribution in [2.45, 2.75) is 0 Å². The minimum Gasteiger partial charge on any atom is -0.217 e. The molecule has 0 rings (SSSR count). The van der Waals surface area contributed by atoms with Crippen LogP contribution in [0.5, 0.6) is 0 Å². The van der Waals surface area contributed by atoms with Crippen LogP contribution in [0.15, 0.2) is 12.3 Å². The Bertz CT molecular complexity index is 21.2. The summed E-state index contributed by atoms with van der Waals surface area (Å²) in [6.07, 6.45) is 0.278. The highest BCUT2D eigenvalue weighted by Crippen LogP contribution is 1.57. The third-order valence-corrected chi connectivity index (χ3v) is 0.0727. The Morgan fingerprint density at radius 2 is 2.00 bits per heavy atom. The molecule has 0 aliphatic heterocycles. The molecule has 0 bridgehead atoms. The summed E-state index contributed by atoms with van der Waals surface area (Å²) in [5.41, 5.74) is 0. The summed E-state index contributed by atoms with van der Waals surface area (Å²) in [6, 6.07) is 0. The lowest BCUT2D eigenvalue weighted by atomic mass is 10.2. The van der Waals surface area contributed by atoms with Crippen LogP contribution >= 0.6 is 0 Å². The fraction of sp³-hybridized carbons (Fsp3) is 0. The average Bonchev–Trinajstić information content (AvgIpc) is 1.37. The molecule has 20 valence electrons. The highest BCUT2D eigenvalue weighted by atomic mass is 19.1. The second kappa shape index (κ2) is 2.73. The van der Waals surface area contributed by atoms with Crippen molar-refractivity contribution in [3.05, 3.63) is 12.3 Å². The lowest BCUT2D eigenvalue weighted by Gasteiger charge is -1.45. The topological polar surface area (TPSA) is 0 Å². The maximum atomic E-state index is 10.4. The van der Waals surface area contributed by atoms with Gasteiger partial charge in [0.05, 0.1) is 6.33 Å². The summed E-state index contributed by atoms with van der Waals surface area (Å²) < 4.78 is 10.4. The van der Waals surface area contributed by atoms with Crippen molar-refractivity contribution in [1.82, 2.24) is 0 Å². The van der Waals surface area contributed by atoms with Gasteiger partial charge in [-0.1, -0.05) is 0 Å². The van der Waals surface area contributed by atoms with Gasteiger partial charge >= 0.3 is 0 Å². The van der Waals surface area contributed by atoms with E-state index in [1.54, 1.807) is 0 Å². The molecule has 0 aromatic carbocycles. The van der Waals surface area contributed by atoms with Gasteiger partial charge in [0.1, 0.15) is 7.85 Å². The molecule has 0 aliphatic carbocycles. The smallest absolute Gasteiger partial charge is 0.106 e. The minimum absolute atomic E-state index is 0.278. The number of hydrogen-bond donors (Lipinski definition) is 0. The molecule has 0 spiro atoms. The lowest BCUT2D eigenvalue weighted by molar-refractivity contribution is 0.723. The Labute approximate surface area is 25.7 Å². The first kappa shape index (κ1) is 3.73. The van der Waals surface area contributed by atoms with Crippen molar-refractivity contribution in [1.29, 1.82) is 0 Å². The first-order valence-electron chi connectivity index (χ1n) is 0.885. The molecule has 0 amide bonds. The molecular formula is C2H2BF. The van der Waals surface area contributed by atoms with Gasteiger partial charge in [-0.3, -0.25) is 0 Å². The van der Waals surface area contributed by atoms with E-state index in [1.807, 2.05) is 0 Å². The van der Waals surface area contributed by atoms with Gasteiger partial charge in [0.15, 0.2) is 0 Å². The van der Waals surface area contributed by atoms with E-state index in [0.717, 1.165) is 5.98 Å². The van der Waals surface area contributed by atoms with E-state index in [-0.39, 0.29) is 6.33 Å². The zero-order valence-corrected chi connectivity index (χ0v) is 2.11. The average molecular weight is 55.8 g/mol. The zero-order chi connectivity index (χ0) is 3.41. The van der Waals surface area contributed by atoms with Crippen LogP contribution in [0.25, 0.3) is 0 Å². The molecule has 0 aromatic heterocycles. The summed E-state index contributed by atoms with van der Waals surface area (Å²) >= 11 is 0. The first-order valence-corrected chi connectivity index (χ1v) is 0.885. The highest BCUT2D eigenvalue weighted by molar-refractivity contribution is 6.16. The maximum Gasteiger partial charge on any atom is 0.106 e. The molecule has 0 fully saturated rings. The molecule has 2 radical (unpaired) electrons. The minimum atomic E-state index is 0.278. The molecule has 2 heteroatoms. The van der Waals surface area contributed by atoms with Gasteiger partial charge in [0, 0.05) is 0 Å². The summed E-state index contributed by atoms with van der Waals surface area (Å²) in [6.45, 7) is 0. The Morgan fingerprint density at radius 3 is 2.00 bits per heavy atom. The molecule has 0 aromatic rings. The molecule has 0 nitrogen and oxygen atoms in total. The van der Waals surface area contributed by atoms with Crippen molar-refractivity contribution < 1.29 is 4.39 Å². The summed E-state index contributed by atoms with van der Waals surface area (Å²) in [5.74, 6) is 0.833. The number of rotatable bonds is 0. The SMILES string of the molecule is [B]C=CF. The Kier molecular flexibility index (Phi) is 2.55. The zero-order valence-electron chi connectivity index (χ0n) is 2.11. The second-order valence-corrected chi connectivity index (χ2v) is 0.318. The van der Waals surface area contributed by atoms with Gasteiger partial charge < -0.3 is 0 Å².